The maximum atomic E-state index is 11.4. The molecule has 0 fully saturated rings. The molecule has 4 aromatic rings. The molecular formula is C32H32O6. The molecule has 0 radical (unpaired) electrons. The molecule has 0 saturated carbocycles. The van der Waals surface area contributed by atoms with E-state index in [2.05, 4.69) is 6.07 Å². The SMILES string of the molecule is COc1cc(O)ccc1CC[C@H](c1ccc(O)cc1)c1cc2c(c(C)c1O)O[C@H](c1ccc(O)cc1)CC2. The van der Waals surface area contributed by atoms with E-state index in [1.165, 1.54) is 0 Å². The van der Waals surface area contributed by atoms with Crippen molar-refractivity contribution in [1.29, 1.82) is 0 Å². The Morgan fingerprint density at radius 3 is 2.21 bits per heavy atom. The summed E-state index contributed by atoms with van der Waals surface area (Å²) in [6, 6.07) is 21.3. The van der Waals surface area contributed by atoms with Crippen LogP contribution in [0.3, 0.4) is 0 Å². The third kappa shape index (κ3) is 5.07. The zero-order valence-electron chi connectivity index (χ0n) is 21.5. The molecule has 0 amide bonds. The van der Waals surface area contributed by atoms with Crippen LogP contribution in [0.5, 0.6) is 34.5 Å². The van der Waals surface area contributed by atoms with Crippen LogP contribution in [0.15, 0.2) is 72.8 Å². The van der Waals surface area contributed by atoms with Crippen LogP contribution in [0.25, 0.3) is 0 Å². The fourth-order valence-corrected chi connectivity index (χ4v) is 5.36. The lowest BCUT2D eigenvalue weighted by atomic mass is 9.82. The zero-order chi connectivity index (χ0) is 26.8. The van der Waals surface area contributed by atoms with Gasteiger partial charge in [0, 0.05) is 23.1 Å². The third-order valence-corrected chi connectivity index (χ3v) is 7.44. The lowest BCUT2D eigenvalue weighted by Gasteiger charge is -2.30. The maximum absolute atomic E-state index is 11.4. The molecule has 5 rings (SSSR count). The van der Waals surface area contributed by atoms with E-state index < -0.39 is 0 Å². The van der Waals surface area contributed by atoms with Crippen LogP contribution < -0.4 is 9.47 Å². The zero-order valence-corrected chi connectivity index (χ0v) is 21.5. The van der Waals surface area contributed by atoms with Gasteiger partial charge in [-0.1, -0.05) is 30.3 Å². The summed E-state index contributed by atoms with van der Waals surface area (Å²) < 4.78 is 11.9. The molecule has 1 aliphatic heterocycles. The fourth-order valence-electron chi connectivity index (χ4n) is 5.36. The van der Waals surface area contributed by atoms with Gasteiger partial charge in [0.2, 0.25) is 0 Å². The Kier molecular flexibility index (Phi) is 7.05. The van der Waals surface area contributed by atoms with Crippen molar-refractivity contribution in [3.63, 3.8) is 0 Å². The molecule has 6 nitrogen and oxygen atoms in total. The fraction of sp³-hybridized carbons (Fsp3) is 0.250. The molecular weight excluding hydrogens is 480 g/mol. The summed E-state index contributed by atoms with van der Waals surface area (Å²) in [5.74, 6) is 1.93. The van der Waals surface area contributed by atoms with Crippen LogP contribution in [0.1, 0.15) is 58.2 Å². The monoisotopic (exact) mass is 512 g/mol. The van der Waals surface area contributed by atoms with E-state index in [1.807, 2.05) is 37.3 Å². The number of phenolic OH excluding ortho intramolecular Hbond substituents is 4. The minimum atomic E-state index is -0.151. The first-order chi connectivity index (χ1) is 18.3. The van der Waals surface area contributed by atoms with Gasteiger partial charge < -0.3 is 29.9 Å². The predicted octanol–water partition coefficient (Wildman–Crippen LogP) is 6.66. The average Bonchev–Trinajstić information content (AvgIpc) is 2.93. The van der Waals surface area contributed by atoms with Gasteiger partial charge in [0.15, 0.2) is 0 Å². The van der Waals surface area contributed by atoms with E-state index in [1.54, 1.807) is 43.5 Å². The van der Waals surface area contributed by atoms with Gasteiger partial charge in [0.05, 0.1) is 7.11 Å². The van der Waals surface area contributed by atoms with Crippen LogP contribution in [0.2, 0.25) is 0 Å². The first kappa shape index (κ1) is 25.3. The number of methoxy groups -OCH3 is 1. The van der Waals surface area contributed by atoms with Gasteiger partial charge in [-0.05, 0) is 91.3 Å². The molecule has 0 aromatic heterocycles. The summed E-state index contributed by atoms with van der Waals surface area (Å²) in [7, 11) is 1.58. The van der Waals surface area contributed by atoms with Crippen molar-refractivity contribution in [2.45, 2.75) is 44.6 Å². The molecule has 0 aliphatic carbocycles. The highest BCUT2D eigenvalue weighted by Crippen LogP contribution is 2.46. The van der Waals surface area contributed by atoms with Gasteiger partial charge >= 0.3 is 0 Å². The first-order valence-corrected chi connectivity index (χ1v) is 12.8. The van der Waals surface area contributed by atoms with Crippen molar-refractivity contribution in [2.24, 2.45) is 0 Å². The van der Waals surface area contributed by atoms with Crippen molar-refractivity contribution < 1.29 is 29.9 Å². The number of hydrogen-bond acceptors (Lipinski definition) is 6. The third-order valence-electron chi connectivity index (χ3n) is 7.44. The Morgan fingerprint density at radius 2 is 1.53 bits per heavy atom. The van der Waals surface area contributed by atoms with Gasteiger partial charge in [-0.3, -0.25) is 0 Å². The standard InChI is InChI=1S/C32H32O6/c1-19-31(36)28(17-23-9-16-29(38-32(19)23)21-5-12-25(34)13-6-21)27(20-3-10-24(33)11-4-20)15-8-22-7-14-26(35)18-30(22)37-2/h3-7,10-14,17-18,27,29,33-36H,8-9,15-16H2,1-2H3/t27-,29+/m1/s1. The molecule has 1 aliphatic rings. The van der Waals surface area contributed by atoms with E-state index in [0.29, 0.717) is 29.9 Å². The number of phenols is 4. The minimum Gasteiger partial charge on any atom is -0.508 e. The van der Waals surface area contributed by atoms with Gasteiger partial charge in [0.25, 0.3) is 0 Å². The Labute approximate surface area is 222 Å². The number of aryl methyl sites for hydroxylation is 2. The molecule has 0 saturated heterocycles. The molecule has 38 heavy (non-hydrogen) atoms. The second-order valence-corrected chi connectivity index (χ2v) is 9.84. The topological polar surface area (TPSA) is 99.4 Å². The van der Waals surface area contributed by atoms with E-state index in [0.717, 1.165) is 40.7 Å². The molecule has 2 atom stereocenters. The Morgan fingerprint density at radius 1 is 0.868 bits per heavy atom. The summed E-state index contributed by atoms with van der Waals surface area (Å²) in [6.07, 6.45) is 2.76. The molecule has 0 spiro atoms. The van der Waals surface area contributed by atoms with Crippen molar-refractivity contribution in [3.8, 4) is 34.5 Å². The highest BCUT2D eigenvalue weighted by molar-refractivity contribution is 5.57. The van der Waals surface area contributed by atoms with E-state index in [-0.39, 0.29) is 35.0 Å². The van der Waals surface area contributed by atoms with Gasteiger partial charge in [-0.15, -0.1) is 0 Å². The largest absolute Gasteiger partial charge is 0.508 e. The molecule has 6 heteroatoms. The highest BCUT2D eigenvalue weighted by Gasteiger charge is 2.28. The summed E-state index contributed by atoms with van der Waals surface area (Å²) in [4.78, 5) is 0. The Balaban J connectivity index is 1.49. The molecule has 1 heterocycles. The van der Waals surface area contributed by atoms with Gasteiger partial charge in [-0.2, -0.15) is 0 Å². The van der Waals surface area contributed by atoms with Crippen LogP contribution in [0.4, 0.5) is 0 Å². The lowest BCUT2D eigenvalue weighted by molar-refractivity contribution is 0.174. The quantitative estimate of drug-likeness (QED) is 0.221. The molecule has 0 unspecified atom stereocenters. The number of hydrogen-bond donors (Lipinski definition) is 4. The van der Waals surface area contributed by atoms with E-state index >= 15 is 0 Å². The summed E-state index contributed by atoms with van der Waals surface area (Å²) in [5.41, 5.74) is 5.50. The smallest absolute Gasteiger partial charge is 0.130 e. The maximum Gasteiger partial charge on any atom is 0.130 e. The van der Waals surface area contributed by atoms with Crippen molar-refractivity contribution in [3.05, 3.63) is 106 Å². The van der Waals surface area contributed by atoms with Gasteiger partial charge in [0.1, 0.15) is 40.6 Å². The summed E-state index contributed by atoms with van der Waals surface area (Å²) in [5, 5.41) is 40.8. The van der Waals surface area contributed by atoms with Crippen LogP contribution in [-0.2, 0) is 12.8 Å². The minimum absolute atomic E-state index is 0.145. The molecule has 4 aromatic carbocycles. The summed E-state index contributed by atoms with van der Waals surface area (Å²) in [6.45, 7) is 1.88. The van der Waals surface area contributed by atoms with Crippen molar-refractivity contribution in [2.75, 3.05) is 7.11 Å². The second kappa shape index (κ2) is 10.6. The Hall–Kier alpha value is -4.32. The normalized spacial score (nSPS) is 15.4. The van der Waals surface area contributed by atoms with E-state index in [4.69, 9.17) is 9.47 Å². The highest BCUT2D eigenvalue weighted by atomic mass is 16.5. The number of aromatic hydroxyl groups is 4. The second-order valence-electron chi connectivity index (χ2n) is 9.84. The predicted molar refractivity (Wildman–Crippen MR) is 146 cm³/mol. The van der Waals surface area contributed by atoms with Crippen LogP contribution in [0, 0.1) is 6.92 Å². The average molecular weight is 513 g/mol. The first-order valence-electron chi connectivity index (χ1n) is 12.8. The molecule has 4 N–H and O–H groups in total. The lowest BCUT2D eigenvalue weighted by Crippen LogP contribution is -2.17. The van der Waals surface area contributed by atoms with Gasteiger partial charge in [-0.25, -0.2) is 0 Å². The van der Waals surface area contributed by atoms with Crippen LogP contribution >= 0.6 is 0 Å². The van der Waals surface area contributed by atoms with E-state index in [9.17, 15) is 20.4 Å². The number of fused-ring (bicyclic) bond motifs is 1. The van der Waals surface area contributed by atoms with Crippen molar-refractivity contribution >= 4 is 0 Å². The number of benzene rings is 4. The number of ether oxygens (including phenoxy) is 2. The molecule has 196 valence electrons. The number of rotatable bonds is 7. The van der Waals surface area contributed by atoms with Crippen molar-refractivity contribution in [1.82, 2.24) is 0 Å². The Bertz CT molecular complexity index is 1430. The molecule has 0 bridgehead atoms. The van der Waals surface area contributed by atoms with Crippen LogP contribution in [-0.4, -0.2) is 27.5 Å². The summed E-state index contributed by atoms with van der Waals surface area (Å²) >= 11 is 0.